The Labute approximate surface area is 139 Å². The number of nitrogens with zero attached hydrogens (tertiary/aromatic N) is 1. The van der Waals surface area contributed by atoms with Gasteiger partial charge in [0.2, 0.25) is 11.8 Å². The van der Waals surface area contributed by atoms with Crippen LogP contribution in [0.4, 0.5) is 5.69 Å². The second-order valence-corrected chi connectivity index (χ2v) is 5.43. The summed E-state index contributed by atoms with van der Waals surface area (Å²) in [6.07, 6.45) is -0.574. The minimum absolute atomic E-state index is 0. The van der Waals surface area contributed by atoms with Crippen LogP contribution in [-0.4, -0.2) is 37.0 Å². The molecule has 23 heavy (non-hydrogen) atoms. The first-order valence-corrected chi connectivity index (χ1v) is 7.14. The molecule has 0 radical (unpaired) electrons. The van der Waals surface area contributed by atoms with Gasteiger partial charge in [-0.05, 0) is 23.3 Å². The average molecular weight is 340 g/mol. The standard InChI is InChI=1S/C15H17N3O4.ClH/c16-13(19)7-12-15(21)18(3-4-22-12)11-2-1-9-6-14(20)17-8-10(9)5-11;/h1-2,5,12H,3-4,6-8H2,(H2,16,19)(H,17,20);1H/t12-;/m1./s1. The van der Waals surface area contributed by atoms with E-state index < -0.39 is 12.0 Å². The highest BCUT2D eigenvalue weighted by molar-refractivity contribution is 5.99. The summed E-state index contributed by atoms with van der Waals surface area (Å²) in [5.74, 6) is -0.817. The van der Waals surface area contributed by atoms with Gasteiger partial charge in [0, 0.05) is 18.8 Å². The van der Waals surface area contributed by atoms with Crippen LogP contribution in [0.3, 0.4) is 0 Å². The summed E-state index contributed by atoms with van der Waals surface area (Å²) < 4.78 is 5.33. The van der Waals surface area contributed by atoms with Crippen molar-refractivity contribution >= 4 is 35.8 Å². The van der Waals surface area contributed by atoms with E-state index in [1.807, 2.05) is 18.2 Å². The molecule has 1 aromatic rings. The van der Waals surface area contributed by atoms with E-state index in [9.17, 15) is 14.4 Å². The van der Waals surface area contributed by atoms with Crippen LogP contribution in [0.15, 0.2) is 18.2 Å². The molecule has 3 amide bonds. The Hall–Kier alpha value is -2.12. The topological polar surface area (TPSA) is 102 Å². The SMILES string of the molecule is Cl.NC(=O)C[C@H]1OCCN(c2ccc3c(c2)CNC(=O)C3)C1=O. The molecular weight excluding hydrogens is 322 g/mol. The molecule has 2 aliphatic rings. The Balaban J connectivity index is 0.00000192. The summed E-state index contributed by atoms with van der Waals surface area (Å²) in [5.41, 5.74) is 7.87. The van der Waals surface area contributed by atoms with Crippen LogP contribution < -0.4 is 16.0 Å². The van der Waals surface area contributed by atoms with E-state index >= 15 is 0 Å². The molecule has 1 saturated heterocycles. The van der Waals surface area contributed by atoms with Gasteiger partial charge in [-0.15, -0.1) is 12.4 Å². The summed E-state index contributed by atoms with van der Waals surface area (Å²) in [6.45, 7) is 1.25. The Morgan fingerprint density at radius 2 is 2.13 bits per heavy atom. The van der Waals surface area contributed by atoms with Gasteiger partial charge in [-0.3, -0.25) is 14.4 Å². The molecule has 2 aliphatic heterocycles. The molecule has 3 rings (SSSR count). The van der Waals surface area contributed by atoms with Crippen molar-refractivity contribution < 1.29 is 19.1 Å². The maximum absolute atomic E-state index is 12.4. The third-order valence-electron chi connectivity index (χ3n) is 3.89. The zero-order chi connectivity index (χ0) is 15.7. The average Bonchev–Trinajstić information content (AvgIpc) is 2.48. The molecule has 7 nitrogen and oxygen atoms in total. The molecule has 1 atom stereocenters. The summed E-state index contributed by atoms with van der Waals surface area (Å²) in [5, 5.41) is 2.79. The number of carbonyl (C=O) groups excluding carboxylic acids is 3. The Morgan fingerprint density at radius 1 is 1.35 bits per heavy atom. The lowest BCUT2D eigenvalue weighted by atomic mass is 9.99. The molecule has 3 N–H and O–H groups in total. The summed E-state index contributed by atoms with van der Waals surface area (Å²) in [4.78, 5) is 36.4. The van der Waals surface area contributed by atoms with E-state index in [-0.39, 0.29) is 30.6 Å². The number of carbonyl (C=O) groups is 3. The van der Waals surface area contributed by atoms with Crippen molar-refractivity contribution in [2.45, 2.75) is 25.5 Å². The summed E-state index contributed by atoms with van der Waals surface area (Å²) in [6, 6.07) is 5.59. The molecule has 8 heteroatoms. The number of rotatable bonds is 3. The van der Waals surface area contributed by atoms with Gasteiger partial charge in [-0.25, -0.2) is 0 Å². The number of primary amides is 1. The van der Waals surface area contributed by atoms with Crippen LogP contribution in [0.25, 0.3) is 0 Å². The second-order valence-electron chi connectivity index (χ2n) is 5.43. The van der Waals surface area contributed by atoms with Crippen LogP contribution in [0.1, 0.15) is 17.5 Å². The fourth-order valence-electron chi connectivity index (χ4n) is 2.77. The summed E-state index contributed by atoms with van der Waals surface area (Å²) >= 11 is 0. The first kappa shape index (κ1) is 17.2. The number of nitrogens with two attached hydrogens (primary N) is 1. The maximum atomic E-state index is 12.4. The third kappa shape index (κ3) is 3.62. The van der Waals surface area contributed by atoms with Gasteiger partial charge in [0.1, 0.15) is 6.10 Å². The number of ether oxygens (including phenoxy) is 1. The smallest absolute Gasteiger partial charge is 0.256 e. The van der Waals surface area contributed by atoms with E-state index in [2.05, 4.69) is 5.32 Å². The van der Waals surface area contributed by atoms with E-state index in [4.69, 9.17) is 10.5 Å². The molecule has 1 fully saturated rings. The molecule has 124 valence electrons. The van der Waals surface area contributed by atoms with Crippen molar-refractivity contribution in [2.24, 2.45) is 5.73 Å². The highest BCUT2D eigenvalue weighted by Crippen LogP contribution is 2.25. The second kappa shape index (κ2) is 6.97. The van der Waals surface area contributed by atoms with Crippen molar-refractivity contribution in [1.82, 2.24) is 5.32 Å². The monoisotopic (exact) mass is 339 g/mol. The van der Waals surface area contributed by atoms with Gasteiger partial charge in [-0.1, -0.05) is 6.07 Å². The maximum Gasteiger partial charge on any atom is 0.256 e. The lowest BCUT2D eigenvalue weighted by Gasteiger charge is -2.32. The number of benzene rings is 1. The molecule has 0 aromatic heterocycles. The van der Waals surface area contributed by atoms with E-state index in [1.165, 1.54) is 0 Å². The highest BCUT2D eigenvalue weighted by Gasteiger charge is 2.32. The van der Waals surface area contributed by atoms with E-state index in [0.29, 0.717) is 26.1 Å². The van der Waals surface area contributed by atoms with Crippen molar-refractivity contribution in [3.05, 3.63) is 29.3 Å². The number of amides is 3. The van der Waals surface area contributed by atoms with Gasteiger partial charge < -0.3 is 20.7 Å². The van der Waals surface area contributed by atoms with Gasteiger partial charge in [0.05, 0.1) is 19.4 Å². The Morgan fingerprint density at radius 3 is 2.87 bits per heavy atom. The van der Waals surface area contributed by atoms with Gasteiger partial charge >= 0.3 is 0 Å². The van der Waals surface area contributed by atoms with Crippen LogP contribution in [0.5, 0.6) is 0 Å². The number of hydrogen-bond donors (Lipinski definition) is 2. The molecule has 2 heterocycles. The van der Waals surface area contributed by atoms with Crippen molar-refractivity contribution in [3.63, 3.8) is 0 Å². The molecule has 0 bridgehead atoms. The molecule has 0 spiro atoms. The lowest BCUT2D eigenvalue weighted by Crippen LogP contribution is -2.49. The van der Waals surface area contributed by atoms with Crippen LogP contribution >= 0.6 is 12.4 Å². The molecule has 0 unspecified atom stereocenters. The number of hydrogen-bond acceptors (Lipinski definition) is 4. The van der Waals surface area contributed by atoms with Crippen molar-refractivity contribution in [3.8, 4) is 0 Å². The molecule has 1 aromatic carbocycles. The predicted molar refractivity (Wildman–Crippen MR) is 85.1 cm³/mol. The van der Waals surface area contributed by atoms with E-state index in [0.717, 1.165) is 16.8 Å². The van der Waals surface area contributed by atoms with Crippen LogP contribution in [0.2, 0.25) is 0 Å². The Bertz CT molecular complexity index is 650. The van der Waals surface area contributed by atoms with Crippen LogP contribution in [-0.2, 0) is 32.1 Å². The zero-order valence-electron chi connectivity index (χ0n) is 12.4. The summed E-state index contributed by atoms with van der Waals surface area (Å²) in [7, 11) is 0. The fourth-order valence-corrected chi connectivity index (χ4v) is 2.77. The number of fused-ring (bicyclic) bond motifs is 1. The number of anilines is 1. The van der Waals surface area contributed by atoms with Gasteiger partial charge in [-0.2, -0.15) is 0 Å². The molecular formula is C15H18ClN3O4. The number of morpholine rings is 1. The number of halogens is 1. The largest absolute Gasteiger partial charge is 0.370 e. The minimum atomic E-state index is -0.818. The lowest BCUT2D eigenvalue weighted by molar-refractivity contribution is -0.138. The first-order valence-electron chi connectivity index (χ1n) is 7.14. The fraction of sp³-hybridized carbons (Fsp3) is 0.400. The van der Waals surface area contributed by atoms with Gasteiger partial charge in [0.15, 0.2) is 0 Å². The predicted octanol–water partition coefficient (Wildman–Crippen LogP) is -0.112. The minimum Gasteiger partial charge on any atom is -0.370 e. The quantitative estimate of drug-likeness (QED) is 0.802. The third-order valence-corrected chi connectivity index (χ3v) is 3.89. The van der Waals surface area contributed by atoms with Crippen LogP contribution in [0, 0.1) is 0 Å². The normalized spacial score (nSPS) is 20.3. The highest BCUT2D eigenvalue weighted by atomic mass is 35.5. The Kier molecular flexibility index (Phi) is 5.23. The molecule has 0 saturated carbocycles. The van der Waals surface area contributed by atoms with E-state index in [1.54, 1.807) is 4.90 Å². The van der Waals surface area contributed by atoms with Gasteiger partial charge in [0.25, 0.3) is 5.91 Å². The first-order chi connectivity index (χ1) is 10.5. The van der Waals surface area contributed by atoms with Crippen molar-refractivity contribution in [2.75, 3.05) is 18.1 Å². The zero-order valence-corrected chi connectivity index (χ0v) is 13.2. The van der Waals surface area contributed by atoms with Crippen molar-refractivity contribution in [1.29, 1.82) is 0 Å². The molecule has 0 aliphatic carbocycles. The number of nitrogens with one attached hydrogen (secondary N) is 1.